The summed E-state index contributed by atoms with van der Waals surface area (Å²) in [4.78, 5) is 1.28. The van der Waals surface area contributed by atoms with E-state index in [0.717, 1.165) is 15.0 Å². The van der Waals surface area contributed by atoms with Gasteiger partial charge < -0.3 is 10.3 Å². The van der Waals surface area contributed by atoms with Crippen LogP contribution in [0.25, 0.3) is 0 Å². The van der Waals surface area contributed by atoms with Gasteiger partial charge in [-0.3, -0.25) is 0 Å². The normalized spacial score (nSPS) is 12.2. The number of hydrogen-bond acceptors (Lipinski definition) is 4. The van der Waals surface area contributed by atoms with E-state index in [1.54, 1.807) is 19.3 Å². The molecule has 2 rings (SSSR count). The van der Waals surface area contributed by atoms with E-state index in [4.69, 9.17) is 5.73 Å². The first-order valence-electron chi connectivity index (χ1n) is 6.46. The number of nitrogens with zero attached hydrogens (tertiary/aromatic N) is 2. The smallest absolute Gasteiger partial charge is 0.244 e. The monoisotopic (exact) mass is 391 g/mol. The van der Waals surface area contributed by atoms with Gasteiger partial charge in [0.15, 0.2) is 0 Å². The maximum Gasteiger partial charge on any atom is 0.244 e. The molecule has 8 heteroatoms. The van der Waals surface area contributed by atoms with Gasteiger partial charge in [-0.2, -0.15) is 4.31 Å². The molecule has 0 aliphatic rings. The molecule has 0 saturated carbocycles. The molecule has 5 nitrogen and oxygen atoms in total. The summed E-state index contributed by atoms with van der Waals surface area (Å²) in [5.74, 6) is 0. The number of rotatable bonds is 6. The lowest BCUT2D eigenvalue weighted by molar-refractivity contribution is 0.469. The second kappa shape index (κ2) is 6.62. The number of thiophene rings is 1. The predicted octanol–water partition coefficient (Wildman–Crippen LogP) is 2.61. The highest BCUT2D eigenvalue weighted by molar-refractivity contribution is 9.10. The Hall–Kier alpha value is -0.670. The number of halogens is 1. The van der Waals surface area contributed by atoms with Crippen molar-refractivity contribution < 1.29 is 8.42 Å². The van der Waals surface area contributed by atoms with Crippen molar-refractivity contribution in [3.05, 3.63) is 38.8 Å². The van der Waals surface area contributed by atoms with Crippen LogP contribution in [0.2, 0.25) is 0 Å². The van der Waals surface area contributed by atoms with Gasteiger partial charge in [0.2, 0.25) is 10.0 Å². The Labute approximate surface area is 137 Å². The van der Waals surface area contributed by atoms with Crippen LogP contribution in [0, 0.1) is 0 Å². The van der Waals surface area contributed by atoms with Gasteiger partial charge in [-0.1, -0.05) is 0 Å². The molecule has 21 heavy (non-hydrogen) atoms. The van der Waals surface area contributed by atoms with Crippen LogP contribution in [0.1, 0.15) is 17.5 Å². The first-order chi connectivity index (χ1) is 9.88. The van der Waals surface area contributed by atoms with Crippen molar-refractivity contribution in [1.82, 2.24) is 8.87 Å². The van der Waals surface area contributed by atoms with E-state index in [1.807, 2.05) is 22.9 Å². The first kappa shape index (κ1) is 16.7. The molecule has 0 bridgehead atoms. The summed E-state index contributed by atoms with van der Waals surface area (Å²) < 4.78 is 29.4. The van der Waals surface area contributed by atoms with Crippen LogP contribution in [-0.2, 0) is 29.7 Å². The minimum Gasteiger partial charge on any atom is -0.349 e. The zero-order valence-electron chi connectivity index (χ0n) is 11.9. The zero-order valence-corrected chi connectivity index (χ0v) is 15.1. The molecule has 0 atom stereocenters. The molecule has 2 N–H and O–H groups in total. The predicted molar refractivity (Wildman–Crippen MR) is 88.7 cm³/mol. The van der Waals surface area contributed by atoms with E-state index in [9.17, 15) is 8.42 Å². The molecule has 0 unspecified atom stereocenters. The highest BCUT2D eigenvalue weighted by Crippen LogP contribution is 2.24. The second-order valence-electron chi connectivity index (χ2n) is 4.65. The molecule has 0 aliphatic carbocycles. The fourth-order valence-electron chi connectivity index (χ4n) is 2.05. The minimum absolute atomic E-state index is 0.294. The Morgan fingerprint density at radius 3 is 2.62 bits per heavy atom. The van der Waals surface area contributed by atoms with Crippen molar-refractivity contribution in [2.24, 2.45) is 5.73 Å². The molecular weight excluding hydrogens is 374 g/mol. The van der Waals surface area contributed by atoms with Crippen molar-refractivity contribution in [2.75, 3.05) is 7.05 Å². The third kappa shape index (κ3) is 3.57. The van der Waals surface area contributed by atoms with Crippen LogP contribution >= 0.6 is 27.3 Å². The van der Waals surface area contributed by atoms with Gasteiger partial charge in [-0.25, -0.2) is 8.42 Å². The Bertz CT molecular complexity index is 700. The topological polar surface area (TPSA) is 68.3 Å². The lowest BCUT2D eigenvalue weighted by atomic mass is 10.4. The van der Waals surface area contributed by atoms with E-state index < -0.39 is 10.0 Å². The van der Waals surface area contributed by atoms with Crippen LogP contribution in [0.3, 0.4) is 0 Å². The van der Waals surface area contributed by atoms with Gasteiger partial charge in [0, 0.05) is 53.3 Å². The molecule has 2 aromatic heterocycles. The summed E-state index contributed by atoms with van der Waals surface area (Å²) in [7, 11) is -1.91. The minimum atomic E-state index is -3.50. The van der Waals surface area contributed by atoms with E-state index in [2.05, 4.69) is 15.9 Å². The fourth-order valence-corrected chi connectivity index (χ4v) is 4.85. The van der Waals surface area contributed by atoms with E-state index in [1.165, 1.54) is 15.6 Å². The third-order valence-corrected chi connectivity index (χ3v) is 6.67. The molecule has 0 radical (unpaired) electrons. The maximum atomic E-state index is 12.6. The number of aryl methyl sites for hydroxylation is 1. The average Bonchev–Trinajstić information content (AvgIpc) is 3.04. The largest absolute Gasteiger partial charge is 0.349 e. The molecule has 0 spiro atoms. The molecule has 0 fully saturated rings. The van der Waals surface area contributed by atoms with Crippen LogP contribution in [0.4, 0.5) is 0 Å². The SMILES string of the molecule is CCn1cc(S(=O)(=O)N(C)Cc2cc(Br)cs2)cc1CN. The van der Waals surface area contributed by atoms with Crippen molar-refractivity contribution in [1.29, 1.82) is 0 Å². The summed E-state index contributed by atoms with van der Waals surface area (Å²) in [6.45, 7) is 3.34. The van der Waals surface area contributed by atoms with E-state index in [0.29, 0.717) is 24.5 Å². The third-order valence-electron chi connectivity index (χ3n) is 3.22. The number of nitrogens with two attached hydrogens (primary N) is 1. The average molecular weight is 392 g/mol. The standard InChI is InChI=1S/C13H18BrN3O2S2/c1-3-17-8-13(5-11(17)6-15)21(18,19)16(2)7-12-4-10(14)9-20-12/h4-5,8-9H,3,6-7,15H2,1-2H3. The molecule has 0 amide bonds. The van der Waals surface area contributed by atoms with Gasteiger partial charge in [0.1, 0.15) is 4.90 Å². The Morgan fingerprint density at radius 2 is 2.14 bits per heavy atom. The van der Waals surface area contributed by atoms with Gasteiger partial charge in [0.25, 0.3) is 0 Å². The van der Waals surface area contributed by atoms with Crippen LogP contribution in [-0.4, -0.2) is 24.3 Å². The Kier molecular flexibility index (Phi) is 5.26. The van der Waals surface area contributed by atoms with E-state index >= 15 is 0 Å². The zero-order chi connectivity index (χ0) is 15.6. The summed E-state index contributed by atoms with van der Waals surface area (Å²) in [5.41, 5.74) is 6.47. The number of hydrogen-bond donors (Lipinski definition) is 1. The van der Waals surface area contributed by atoms with Crippen molar-refractivity contribution in [2.45, 2.75) is 31.5 Å². The first-order valence-corrected chi connectivity index (χ1v) is 9.58. The van der Waals surface area contributed by atoms with Crippen molar-refractivity contribution in [3.63, 3.8) is 0 Å². The molecule has 116 valence electrons. The number of sulfonamides is 1. The molecule has 0 aliphatic heterocycles. The molecular formula is C13H18BrN3O2S2. The molecule has 2 aromatic rings. The Balaban J connectivity index is 2.26. The van der Waals surface area contributed by atoms with Crippen molar-refractivity contribution >= 4 is 37.3 Å². The van der Waals surface area contributed by atoms with Gasteiger partial charge in [-0.15, -0.1) is 11.3 Å². The van der Waals surface area contributed by atoms with Crippen LogP contribution < -0.4 is 5.73 Å². The highest BCUT2D eigenvalue weighted by atomic mass is 79.9. The lowest BCUT2D eigenvalue weighted by Gasteiger charge is -2.15. The van der Waals surface area contributed by atoms with Crippen LogP contribution in [0.15, 0.2) is 33.1 Å². The van der Waals surface area contributed by atoms with Crippen LogP contribution in [0.5, 0.6) is 0 Å². The molecule has 2 heterocycles. The summed E-state index contributed by atoms with van der Waals surface area (Å²) in [6.07, 6.45) is 1.65. The maximum absolute atomic E-state index is 12.6. The van der Waals surface area contributed by atoms with E-state index in [-0.39, 0.29) is 0 Å². The van der Waals surface area contributed by atoms with Gasteiger partial charge in [0.05, 0.1) is 0 Å². The highest BCUT2D eigenvalue weighted by Gasteiger charge is 2.23. The van der Waals surface area contributed by atoms with Gasteiger partial charge >= 0.3 is 0 Å². The summed E-state index contributed by atoms with van der Waals surface area (Å²) >= 11 is 4.90. The molecule has 0 saturated heterocycles. The quantitative estimate of drug-likeness (QED) is 0.822. The second-order valence-corrected chi connectivity index (χ2v) is 8.61. The number of aromatic nitrogens is 1. The molecule has 0 aromatic carbocycles. The van der Waals surface area contributed by atoms with Gasteiger partial charge in [-0.05, 0) is 35.0 Å². The van der Waals surface area contributed by atoms with Crippen molar-refractivity contribution in [3.8, 4) is 0 Å². The summed E-state index contributed by atoms with van der Waals surface area (Å²) in [6, 6.07) is 3.58. The summed E-state index contributed by atoms with van der Waals surface area (Å²) in [5, 5.41) is 1.94. The Morgan fingerprint density at radius 1 is 1.43 bits per heavy atom. The fraction of sp³-hybridized carbons (Fsp3) is 0.385. The lowest BCUT2D eigenvalue weighted by Crippen LogP contribution is -2.25.